The summed E-state index contributed by atoms with van der Waals surface area (Å²) < 4.78 is 0. The van der Waals surface area contributed by atoms with Crippen LogP contribution in [0.1, 0.15) is 36.4 Å². The predicted octanol–water partition coefficient (Wildman–Crippen LogP) is 2.37. The molecule has 27 heavy (non-hydrogen) atoms. The lowest BCUT2D eigenvalue weighted by Crippen LogP contribution is -2.34. The van der Waals surface area contributed by atoms with Crippen molar-refractivity contribution in [3.05, 3.63) is 59.7 Å². The molecule has 0 aromatic heterocycles. The Kier molecular flexibility index (Phi) is 5.02. The second-order valence-electron chi connectivity index (χ2n) is 7.02. The van der Waals surface area contributed by atoms with Crippen molar-refractivity contribution in [2.45, 2.75) is 36.6 Å². The molecule has 2 bridgehead atoms. The Morgan fingerprint density at radius 2 is 1.78 bits per heavy atom. The van der Waals surface area contributed by atoms with Crippen LogP contribution in [-0.2, 0) is 14.4 Å². The largest absolute Gasteiger partial charge is 0.299 e. The van der Waals surface area contributed by atoms with Crippen LogP contribution in [-0.4, -0.2) is 46.1 Å². The van der Waals surface area contributed by atoms with E-state index in [1.165, 1.54) is 16.7 Å². The average molecular weight is 382 g/mol. The second kappa shape index (κ2) is 7.44. The standard InChI is InChI=1S/C21H22N2O3S/c1-2-23-17(24)11-16(21(23)26)27-12-15-20(25)18-13-8-6-4-3-5-7-9-14(10-13)19(18)22-15/h3-10,15-16,18-19,22H,2,11-12H2,1H3. The number of likely N-dealkylation sites (tertiary alicyclic amines) is 1. The van der Waals surface area contributed by atoms with Gasteiger partial charge in [-0.3, -0.25) is 24.6 Å². The average Bonchev–Trinajstić information content (AvgIpc) is 3.25. The summed E-state index contributed by atoms with van der Waals surface area (Å²) in [6.07, 6.45) is 0.237. The molecule has 1 N–H and O–H groups in total. The molecule has 2 aliphatic heterocycles. The molecule has 6 heteroatoms. The molecule has 1 aromatic rings. The summed E-state index contributed by atoms with van der Waals surface area (Å²) in [5.41, 5.74) is 2.14. The number of Topliss-reactive ketones (excluding diaryl/α,β-unsaturated/α-hetero) is 1. The summed E-state index contributed by atoms with van der Waals surface area (Å²) in [5, 5.41) is 3.09. The number of amides is 2. The summed E-state index contributed by atoms with van der Waals surface area (Å²) in [6, 6.07) is 15.6. The van der Waals surface area contributed by atoms with Crippen LogP contribution >= 0.6 is 11.8 Å². The molecule has 5 nitrogen and oxygen atoms in total. The van der Waals surface area contributed by atoms with Crippen molar-refractivity contribution in [1.82, 2.24) is 10.2 Å². The minimum absolute atomic E-state index is 0.0152. The highest BCUT2D eigenvalue weighted by Crippen LogP contribution is 2.43. The molecule has 4 unspecified atom stereocenters. The van der Waals surface area contributed by atoms with Crippen molar-refractivity contribution in [2.24, 2.45) is 0 Å². The predicted molar refractivity (Wildman–Crippen MR) is 105 cm³/mol. The van der Waals surface area contributed by atoms with Gasteiger partial charge in [0.15, 0.2) is 5.78 Å². The number of nitrogens with one attached hydrogen (secondary N) is 1. The third-order valence-corrected chi connectivity index (χ3v) is 6.72. The van der Waals surface area contributed by atoms with Crippen molar-refractivity contribution in [2.75, 3.05) is 12.3 Å². The Bertz CT molecular complexity index is 855. The van der Waals surface area contributed by atoms with Gasteiger partial charge in [0.25, 0.3) is 0 Å². The van der Waals surface area contributed by atoms with Crippen molar-refractivity contribution < 1.29 is 14.4 Å². The second-order valence-corrected chi connectivity index (χ2v) is 8.25. The van der Waals surface area contributed by atoms with Gasteiger partial charge in [0, 0.05) is 24.8 Å². The van der Waals surface area contributed by atoms with E-state index < -0.39 is 0 Å². The molecule has 140 valence electrons. The number of thioether (sulfide) groups is 1. The Morgan fingerprint density at radius 3 is 2.48 bits per heavy atom. The first-order chi connectivity index (χ1) is 13.1. The Balaban J connectivity index is 1.48. The Labute approximate surface area is 162 Å². The van der Waals surface area contributed by atoms with Gasteiger partial charge < -0.3 is 0 Å². The molecule has 2 saturated heterocycles. The number of carbonyl (C=O) groups excluding carboxylic acids is 3. The van der Waals surface area contributed by atoms with Gasteiger partial charge in [0.2, 0.25) is 11.8 Å². The highest BCUT2D eigenvalue weighted by molar-refractivity contribution is 8.00. The van der Waals surface area contributed by atoms with Crippen LogP contribution in [0.5, 0.6) is 0 Å². The van der Waals surface area contributed by atoms with E-state index in [2.05, 4.69) is 11.4 Å². The van der Waals surface area contributed by atoms with Crippen LogP contribution < -0.4 is 5.32 Å². The van der Waals surface area contributed by atoms with E-state index >= 15 is 0 Å². The van der Waals surface area contributed by atoms with Crippen LogP contribution in [0.25, 0.3) is 0 Å². The van der Waals surface area contributed by atoms with Crippen LogP contribution in [0.2, 0.25) is 0 Å². The lowest BCUT2D eigenvalue weighted by Gasteiger charge is -2.15. The summed E-state index contributed by atoms with van der Waals surface area (Å²) in [5.74, 6) is 0.264. The first-order valence-electron chi connectivity index (χ1n) is 9.29. The highest BCUT2D eigenvalue weighted by atomic mass is 32.2. The van der Waals surface area contributed by atoms with Gasteiger partial charge in [-0.25, -0.2) is 0 Å². The summed E-state index contributed by atoms with van der Waals surface area (Å²) >= 11 is 1.42. The fourth-order valence-corrected chi connectivity index (χ4v) is 5.30. The van der Waals surface area contributed by atoms with E-state index in [-0.39, 0.29) is 47.3 Å². The lowest BCUT2D eigenvalue weighted by atomic mass is 9.95. The normalized spacial score (nSPS) is 28.5. The van der Waals surface area contributed by atoms with Gasteiger partial charge in [-0.2, -0.15) is 0 Å². The molecule has 3 aliphatic rings. The quantitative estimate of drug-likeness (QED) is 0.810. The van der Waals surface area contributed by atoms with E-state index in [1.807, 2.05) is 42.5 Å². The number of carbonyl (C=O) groups is 3. The third-order valence-electron chi connectivity index (χ3n) is 5.42. The van der Waals surface area contributed by atoms with Crippen LogP contribution in [0.4, 0.5) is 0 Å². The summed E-state index contributed by atoms with van der Waals surface area (Å²) in [4.78, 5) is 38.5. The fourth-order valence-electron chi connectivity index (χ4n) is 4.08. The molecule has 1 aliphatic carbocycles. The maximum Gasteiger partial charge on any atom is 0.242 e. The lowest BCUT2D eigenvalue weighted by molar-refractivity contribution is -0.138. The van der Waals surface area contributed by atoms with E-state index in [0.29, 0.717) is 12.3 Å². The van der Waals surface area contributed by atoms with Gasteiger partial charge >= 0.3 is 0 Å². The number of imide groups is 1. The van der Waals surface area contributed by atoms with Crippen LogP contribution in [0.3, 0.4) is 0 Å². The Morgan fingerprint density at radius 1 is 1.07 bits per heavy atom. The molecule has 4 rings (SSSR count). The fraction of sp³-hybridized carbons (Fsp3) is 0.381. The zero-order valence-corrected chi connectivity index (χ0v) is 15.9. The molecular formula is C21H22N2O3S. The molecular weight excluding hydrogens is 360 g/mol. The molecule has 2 amide bonds. The van der Waals surface area contributed by atoms with Crippen molar-refractivity contribution in [3.8, 4) is 0 Å². The minimum atomic E-state index is -0.365. The monoisotopic (exact) mass is 382 g/mol. The number of nitrogens with zero attached hydrogens (tertiary/aromatic N) is 1. The first-order valence-corrected chi connectivity index (χ1v) is 10.3. The first kappa shape index (κ1) is 18.2. The number of fused-ring (bicyclic) bond motifs is 5. The van der Waals surface area contributed by atoms with Gasteiger partial charge in [0.05, 0.1) is 17.2 Å². The Hall–Kier alpha value is -2.18. The van der Waals surface area contributed by atoms with Crippen LogP contribution in [0.15, 0.2) is 48.5 Å². The van der Waals surface area contributed by atoms with E-state index in [0.717, 1.165) is 11.1 Å². The number of rotatable bonds is 4. The minimum Gasteiger partial charge on any atom is -0.299 e. The third kappa shape index (κ3) is 3.28. The number of hydrogen-bond donors (Lipinski definition) is 1. The highest BCUT2D eigenvalue weighted by Gasteiger charge is 2.46. The van der Waals surface area contributed by atoms with E-state index in [4.69, 9.17) is 0 Å². The number of hydrogen-bond acceptors (Lipinski definition) is 5. The summed E-state index contributed by atoms with van der Waals surface area (Å²) in [6.45, 7) is 2.22. The SMILES string of the molecule is CCN1C(=O)CC(SCC2NC3c4cccccccc(c4)C3C2=O)C1=O. The summed E-state index contributed by atoms with van der Waals surface area (Å²) in [7, 11) is 0. The molecule has 0 spiro atoms. The van der Waals surface area contributed by atoms with Crippen LogP contribution in [0, 0.1) is 0 Å². The molecule has 2 fully saturated rings. The molecule has 0 saturated carbocycles. The van der Waals surface area contributed by atoms with Gasteiger partial charge in [0.1, 0.15) is 0 Å². The van der Waals surface area contributed by atoms with Gasteiger partial charge in [-0.1, -0.05) is 48.5 Å². The van der Waals surface area contributed by atoms with Crippen molar-refractivity contribution >= 4 is 29.4 Å². The van der Waals surface area contributed by atoms with E-state index in [1.54, 1.807) is 6.92 Å². The van der Waals surface area contributed by atoms with Gasteiger partial charge in [-0.05, 0) is 18.1 Å². The van der Waals surface area contributed by atoms with Crippen molar-refractivity contribution in [3.63, 3.8) is 0 Å². The molecule has 1 aromatic carbocycles. The topological polar surface area (TPSA) is 66.5 Å². The van der Waals surface area contributed by atoms with Gasteiger partial charge in [-0.15, -0.1) is 11.8 Å². The zero-order valence-electron chi connectivity index (χ0n) is 15.1. The maximum absolute atomic E-state index is 13.0. The van der Waals surface area contributed by atoms with E-state index in [9.17, 15) is 14.4 Å². The molecule has 2 heterocycles. The zero-order chi connectivity index (χ0) is 19.0. The molecule has 4 atom stereocenters. The number of ketones is 1. The molecule has 0 radical (unpaired) electrons. The smallest absolute Gasteiger partial charge is 0.242 e. The van der Waals surface area contributed by atoms with Crippen molar-refractivity contribution in [1.29, 1.82) is 0 Å². The maximum atomic E-state index is 13.0.